The first-order valence-electron chi connectivity index (χ1n) is 6.87. The molecule has 0 fully saturated rings. The molecule has 23 heavy (non-hydrogen) atoms. The molecule has 0 amide bonds. The Morgan fingerprint density at radius 1 is 0.957 bits per heavy atom. The first-order chi connectivity index (χ1) is 11.2. The van der Waals surface area contributed by atoms with E-state index in [-0.39, 0.29) is 22.3 Å². The summed E-state index contributed by atoms with van der Waals surface area (Å²) in [6.07, 6.45) is 4.26. The summed E-state index contributed by atoms with van der Waals surface area (Å²) in [7, 11) is 0. The number of benzene rings is 1. The number of carbonyl (C=O) groups is 1. The molecule has 4 aromatic rings. The molecule has 0 bridgehead atoms. The summed E-state index contributed by atoms with van der Waals surface area (Å²) >= 11 is 0. The molecule has 0 spiro atoms. The summed E-state index contributed by atoms with van der Waals surface area (Å²) in [5, 5.41) is 0.427. The molecule has 6 nitrogen and oxygen atoms in total. The van der Waals surface area contributed by atoms with Crippen LogP contribution in [-0.4, -0.2) is 20.7 Å². The molecule has 110 valence electrons. The second-order valence-corrected chi connectivity index (χ2v) is 4.89. The van der Waals surface area contributed by atoms with Crippen molar-refractivity contribution in [3.63, 3.8) is 0 Å². The highest BCUT2D eigenvalue weighted by Gasteiger charge is 2.15. The zero-order valence-electron chi connectivity index (χ0n) is 11.8. The van der Waals surface area contributed by atoms with Crippen LogP contribution >= 0.6 is 0 Å². The molecule has 0 radical (unpaired) electrons. The first kappa shape index (κ1) is 13.3. The van der Waals surface area contributed by atoms with Crippen molar-refractivity contribution in [3.8, 4) is 0 Å². The van der Waals surface area contributed by atoms with Gasteiger partial charge in [0.15, 0.2) is 11.1 Å². The maximum Gasteiger partial charge on any atom is 0.231 e. The number of hydrogen-bond acceptors (Lipinski definition) is 6. The predicted octanol–water partition coefficient (Wildman–Crippen LogP) is 2.36. The second kappa shape index (κ2) is 5.10. The number of fused-ring (bicyclic) bond motifs is 2. The maximum atomic E-state index is 12.5. The quantitative estimate of drug-likeness (QED) is 0.417. The lowest BCUT2D eigenvalue weighted by atomic mass is 10.1. The van der Waals surface area contributed by atoms with Crippen molar-refractivity contribution in [1.29, 1.82) is 0 Å². The summed E-state index contributed by atoms with van der Waals surface area (Å²) in [5.74, 6) is -0.396. The van der Waals surface area contributed by atoms with Gasteiger partial charge in [-0.05, 0) is 24.3 Å². The molecule has 3 aromatic heterocycles. The third-order valence-corrected chi connectivity index (χ3v) is 3.45. The highest BCUT2D eigenvalue weighted by atomic mass is 16.3. The van der Waals surface area contributed by atoms with Gasteiger partial charge in [-0.3, -0.25) is 14.6 Å². The Bertz CT molecular complexity index is 1100. The van der Waals surface area contributed by atoms with E-state index < -0.39 is 5.78 Å². The molecule has 0 atom stereocenters. The minimum atomic E-state index is -0.396. The van der Waals surface area contributed by atoms with Crippen molar-refractivity contribution in [2.75, 3.05) is 0 Å². The average Bonchev–Trinajstić information content (AvgIpc) is 2.62. The minimum absolute atomic E-state index is 0.124. The van der Waals surface area contributed by atoms with Crippen LogP contribution < -0.4 is 5.43 Å². The molecular weight excluding hydrogens is 294 g/mol. The van der Waals surface area contributed by atoms with E-state index in [9.17, 15) is 9.59 Å². The van der Waals surface area contributed by atoms with Crippen LogP contribution in [0, 0.1) is 0 Å². The van der Waals surface area contributed by atoms with E-state index in [1.807, 2.05) is 0 Å². The molecule has 0 aliphatic carbocycles. The van der Waals surface area contributed by atoms with Crippen LogP contribution in [0.15, 0.2) is 64.2 Å². The van der Waals surface area contributed by atoms with Crippen LogP contribution in [-0.2, 0) is 0 Å². The molecule has 0 aliphatic heterocycles. The number of ketones is 1. The van der Waals surface area contributed by atoms with Gasteiger partial charge >= 0.3 is 0 Å². The Kier molecular flexibility index (Phi) is 2.94. The van der Waals surface area contributed by atoms with Gasteiger partial charge in [0, 0.05) is 12.4 Å². The topological polar surface area (TPSA) is 86.0 Å². The largest absolute Gasteiger partial charge is 0.454 e. The normalized spacial score (nSPS) is 11.0. The van der Waals surface area contributed by atoms with Crippen molar-refractivity contribution in [2.24, 2.45) is 0 Å². The Morgan fingerprint density at radius 2 is 1.83 bits per heavy atom. The van der Waals surface area contributed by atoms with Gasteiger partial charge in [-0.15, -0.1) is 0 Å². The third-order valence-electron chi connectivity index (χ3n) is 3.45. The zero-order valence-corrected chi connectivity index (χ0v) is 11.8. The fourth-order valence-electron chi connectivity index (χ4n) is 2.35. The lowest BCUT2D eigenvalue weighted by Crippen LogP contribution is -2.10. The third kappa shape index (κ3) is 2.17. The molecule has 0 saturated carbocycles. The molecule has 0 aliphatic rings. The van der Waals surface area contributed by atoms with E-state index in [0.29, 0.717) is 16.6 Å². The first-order valence-corrected chi connectivity index (χ1v) is 6.87. The van der Waals surface area contributed by atoms with E-state index in [1.165, 1.54) is 24.7 Å². The average molecular weight is 303 g/mol. The van der Waals surface area contributed by atoms with Gasteiger partial charge in [0.05, 0.1) is 11.6 Å². The Labute approximate surface area is 129 Å². The van der Waals surface area contributed by atoms with Crippen LogP contribution in [0.2, 0.25) is 0 Å². The molecule has 0 N–H and O–H groups in total. The molecular formula is C17H9N3O3. The smallest absolute Gasteiger partial charge is 0.231 e. The van der Waals surface area contributed by atoms with Crippen molar-refractivity contribution < 1.29 is 9.21 Å². The Hall–Kier alpha value is -3.41. The number of rotatable bonds is 2. The van der Waals surface area contributed by atoms with E-state index in [1.54, 1.807) is 30.3 Å². The van der Waals surface area contributed by atoms with Gasteiger partial charge in [-0.1, -0.05) is 12.1 Å². The highest BCUT2D eigenvalue weighted by Crippen LogP contribution is 2.18. The van der Waals surface area contributed by atoms with Crippen LogP contribution in [0.4, 0.5) is 0 Å². The number of para-hydroxylation sites is 1. The SMILES string of the molecule is O=C(c1cnccn1)c1ccc2oc3ccccc3c(=O)c2n1. The highest BCUT2D eigenvalue weighted by molar-refractivity contribution is 6.07. The van der Waals surface area contributed by atoms with E-state index >= 15 is 0 Å². The lowest BCUT2D eigenvalue weighted by Gasteiger charge is -2.03. The molecule has 6 heteroatoms. The summed E-state index contributed by atoms with van der Waals surface area (Å²) < 4.78 is 5.67. The molecule has 1 aromatic carbocycles. The number of aromatic nitrogens is 3. The predicted molar refractivity (Wildman–Crippen MR) is 83.2 cm³/mol. The Morgan fingerprint density at radius 3 is 2.65 bits per heavy atom. The fourth-order valence-corrected chi connectivity index (χ4v) is 2.35. The van der Waals surface area contributed by atoms with Gasteiger partial charge in [0.25, 0.3) is 0 Å². The van der Waals surface area contributed by atoms with E-state index in [0.717, 1.165) is 0 Å². The number of carbonyl (C=O) groups excluding carboxylic acids is 1. The second-order valence-electron chi connectivity index (χ2n) is 4.89. The van der Waals surface area contributed by atoms with Gasteiger partial charge in [-0.2, -0.15) is 0 Å². The van der Waals surface area contributed by atoms with Gasteiger partial charge < -0.3 is 4.42 Å². The van der Waals surface area contributed by atoms with Crippen LogP contribution in [0.3, 0.4) is 0 Å². The van der Waals surface area contributed by atoms with E-state index in [2.05, 4.69) is 15.0 Å². The number of nitrogens with zero attached hydrogens (tertiary/aromatic N) is 3. The minimum Gasteiger partial charge on any atom is -0.454 e. The van der Waals surface area contributed by atoms with Crippen molar-refractivity contribution in [1.82, 2.24) is 15.0 Å². The zero-order chi connectivity index (χ0) is 15.8. The number of hydrogen-bond donors (Lipinski definition) is 0. The Balaban J connectivity index is 1.94. The van der Waals surface area contributed by atoms with Crippen molar-refractivity contribution in [2.45, 2.75) is 0 Å². The summed E-state index contributed by atoms with van der Waals surface area (Å²) in [4.78, 5) is 36.9. The molecule has 0 saturated heterocycles. The fraction of sp³-hybridized carbons (Fsp3) is 0. The van der Waals surface area contributed by atoms with Gasteiger partial charge in [0.2, 0.25) is 11.2 Å². The summed E-state index contributed by atoms with van der Waals surface area (Å²) in [5.41, 5.74) is 0.975. The molecule has 3 heterocycles. The van der Waals surface area contributed by atoms with Crippen LogP contribution in [0.25, 0.3) is 22.1 Å². The standard InChI is InChI=1S/C17H9N3O3/c21-16-10-3-1-2-4-13(10)23-14-6-5-11(20-15(14)16)17(22)12-9-18-7-8-19-12/h1-9H. The van der Waals surface area contributed by atoms with Crippen molar-refractivity contribution in [3.05, 3.63) is 76.6 Å². The van der Waals surface area contributed by atoms with Crippen LogP contribution in [0.1, 0.15) is 16.2 Å². The lowest BCUT2D eigenvalue weighted by molar-refractivity contribution is 0.102. The van der Waals surface area contributed by atoms with Gasteiger partial charge in [0.1, 0.15) is 17.0 Å². The monoisotopic (exact) mass is 303 g/mol. The maximum absolute atomic E-state index is 12.5. The molecule has 0 unspecified atom stereocenters. The van der Waals surface area contributed by atoms with Crippen molar-refractivity contribution >= 4 is 27.9 Å². The molecule has 4 rings (SSSR count). The summed E-state index contributed by atoms with van der Waals surface area (Å²) in [6.45, 7) is 0. The number of pyridine rings is 1. The van der Waals surface area contributed by atoms with Gasteiger partial charge in [-0.25, -0.2) is 9.97 Å². The summed E-state index contributed by atoms with van der Waals surface area (Å²) in [6, 6.07) is 10.0. The van der Waals surface area contributed by atoms with E-state index in [4.69, 9.17) is 4.42 Å². The van der Waals surface area contributed by atoms with Crippen LogP contribution in [0.5, 0.6) is 0 Å².